The van der Waals surface area contributed by atoms with Gasteiger partial charge < -0.3 is 10.6 Å². The van der Waals surface area contributed by atoms with Crippen LogP contribution in [0.4, 0.5) is 0 Å². The molecule has 0 saturated carbocycles. The molecule has 0 aromatic carbocycles. The summed E-state index contributed by atoms with van der Waals surface area (Å²) in [7, 11) is 1.91. The molecule has 1 saturated heterocycles. The number of rotatable bonds is 5. The van der Waals surface area contributed by atoms with E-state index >= 15 is 0 Å². The van der Waals surface area contributed by atoms with Gasteiger partial charge in [0.05, 0.1) is 12.2 Å². The predicted octanol–water partition coefficient (Wildman–Crippen LogP) is 0.643. The Balaban J connectivity index is 0.00000162. The summed E-state index contributed by atoms with van der Waals surface area (Å²) < 4.78 is 1.80. The lowest BCUT2D eigenvalue weighted by Gasteiger charge is -2.10. The van der Waals surface area contributed by atoms with E-state index in [-0.39, 0.29) is 24.4 Å². The molecule has 2 N–H and O–H groups in total. The Bertz CT molecular complexity index is 374. The lowest BCUT2D eigenvalue weighted by molar-refractivity contribution is -0.122. The van der Waals surface area contributed by atoms with E-state index in [1.165, 1.54) is 5.56 Å². The van der Waals surface area contributed by atoms with E-state index in [1.54, 1.807) is 4.68 Å². The lowest BCUT2D eigenvalue weighted by atomic mass is 10.2. The Morgan fingerprint density at radius 2 is 2.50 bits per heavy atom. The van der Waals surface area contributed by atoms with E-state index < -0.39 is 0 Å². The second-order valence-electron chi connectivity index (χ2n) is 4.57. The fourth-order valence-corrected chi connectivity index (χ4v) is 2.14. The zero-order valence-corrected chi connectivity index (χ0v) is 11.5. The summed E-state index contributed by atoms with van der Waals surface area (Å²) >= 11 is 0. The molecule has 102 valence electrons. The maximum Gasteiger partial charge on any atom is 0.237 e. The van der Waals surface area contributed by atoms with Crippen molar-refractivity contribution in [3.63, 3.8) is 0 Å². The van der Waals surface area contributed by atoms with Crippen LogP contribution < -0.4 is 10.6 Å². The van der Waals surface area contributed by atoms with E-state index in [0.29, 0.717) is 0 Å². The summed E-state index contributed by atoms with van der Waals surface area (Å²) in [4.78, 5) is 11.7. The second kappa shape index (κ2) is 7.38. The van der Waals surface area contributed by atoms with Gasteiger partial charge in [0.25, 0.3) is 0 Å². The van der Waals surface area contributed by atoms with Crippen molar-refractivity contribution in [2.75, 3.05) is 13.1 Å². The summed E-state index contributed by atoms with van der Waals surface area (Å²) in [6.07, 6.45) is 7.89. The van der Waals surface area contributed by atoms with Crippen molar-refractivity contribution in [1.82, 2.24) is 20.4 Å². The number of amides is 1. The summed E-state index contributed by atoms with van der Waals surface area (Å²) in [5, 5.41) is 10.3. The molecule has 0 bridgehead atoms. The summed E-state index contributed by atoms with van der Waals surface area (Å²) in [5.74, 6) is 0.147. The third kappa shape index (κ3) is 4.31. The smallest absolute Gasteiger partial charge is 0.237 e. The fourth-order valence-electron chi connectivity index (χ4n) is 2.14. The van der Waals surface area contributed by atoms with Crippen molar-refractivity contribution in [2.24, 2.45) is 7.05 Å². The number of halogens is 1. The highest BCUT2D eigenvalue weighted by Gasteiger charge is 2.20. The average molecular weight is 273 g/mol. The van der Waals surface area contributed by atoms with Crippen LogP contribution in [0, 0.1) is 0 Å². The summed E-state index contributed by atoms with van der Waals surface area (Å²) in [5.41, 5.74) is 1.22. The predicted molar refractivity (Wildman–Crippen MR) is 72.8 cm³/mol. The van der Waals surface area contributed by atoms with Crippen LogP contribution in [0.5, 0.6) is 0 Å². The fraction of sp³-hybridized carbons (Fsp3) is 0.667. The minimum atomic E-state index is 0. The number of aryl methyl sites for hydroxylation is 2. The van der Waals surface area contributed by atoms with E-state index in [9.17, 15) is 4.79 Å². The van der Waals surface area contributed by atoms with Gasteiger partial charge in [-0.15, -0.1) is 12.4 Å². The van der Waals surface area contributed by atoms with Gasteiger partial charge in [0.15, 0.2) is 0 Å². The number of hydrogen-bond acceptors (Lipinski definition) is 3. The van der Waals surface area contributed by atoms with Crippen LogP contribution >= 0.6 is 12.4 Å². The van der Waals surface area contributed by atoms with Gasteiger partial charge in [0, 0.05) is 19.8 Å². The molecule has 6 heteroatoms. The number of carbonyl (C=O) groups excluding carboxylic acids is 1. The molecule has 1 fully saturated rings. The number of nitrogens with one attached hydrogen (secondary N) is 2. The molecule has 18 heavy (non-hydrogen) atoms. The number of hydrogen-bond donors (Lipinski definition) is 2. The van der Waals surface area contributed by atoms with Crippen LogP contribution in [-0.2, 0) is 18.3 Å². The van der Waals surface area contributed by atoms with E-state index in [2.05, 4.69) is 15.7 Å². The van der Waals surface area contributed by atoms with Gasteiger partial charge in [-0.25, -0.2) is 0 Å². The molecular formula is C12H21ClN4O. The molecule has 0 aliphatic carbocycles. The Labute approximate surface area is 114 Å². The topological polar surface area (TPSA) is 59.0 Å². The van der Waals surface area contributed by atoms with E-state index in [4.69, 9.17) is 0 Å². The van der Waals surface area contributed by atoms with Crippen LogP contribution in [0.1, 0.15) is 24.8 Å². The molecule has 1 aromatic rings. The number of carbonyl (C=O) groups is 1. The first kappa shape index (κ1) is 15.0. The van der Waals surface area contributed by atoms with Gasteiger partial charge in [-0.05, 0) is 37.8 Å². The second-order valence-corrected chi connectivity index (χ2v) is 4.57. The summed E-state index contributed by atoms with van der Waals surface area (Å²) in [6.45, 7) is 1.71. The maximum absolute atomic E-state index is 11.7. The van der Waals surface area contributed by atoms with Crippen LogP contribution in [0.15, 0.2) is 12.4 Å². The molecule has 2 heterocycles. The van der Waals surface area contributed by atoms with Crippen molar-refractivity contribution in [3.8, 4) is 0 Å². The quantitative estimate of drug-likeness (QED) is 0.774. The lowest BCUT2D eigenvalue weighted by Crippen LogP contribution is -2.40. The highest BCUT2D eigenvalue weighted by Crippen LogP contribution is 2.04. The van der Waals surface area contributed by atoms with Gasteiger partial charge in [0.2, 0.25) is 5.91 Å². The molecule has 1 aliphatic rings. The Morgan fingerprint density at radius 3 is 3.11 bits per heavy atom. The van der Waals surface area contributed by atoms with Gasteiger partial charge in [-0.2, -0.15) is 5.10 Å². The third-order valence-electron chi connectivity index (χ3n) is 3.08. The van der Waals surface area contributed by atoms with Crippen molar-refractivity contribution in [2.45, 2.75) is 31.7 Å². The average Bonchev–Trinajstić information content (AvgIpc) is 2.95. The molecule has 5 nitrogen and oxygen atoms in total. The van der Waals surface area contributed by atoms with Gasteiger partial charge in [0.1, 0.15) is 0 Å². The van der Waals surface area contributed by atoms with Crippen molar-refractivity contribution >= 4 is 18.3 Å². The first-order valence-electron chi connectivity index (χ1n) is 6.24. The highest BCUT2D eigenvalue weighted by molar-refractivity contribution is 5.85. The molecule has 0 spiro atoms. The normalized spacial score (nSPS) is 18.4. The first-order chi connectivity index (χ1) is 8.25. The van der Waals surface area contributed by atoms with Gasteiger partial charge in [-0.3, -0.25) is 9.48 Å². The van der Waals surface area contributed by atoms with E-state index in [1.807, 2.05) is 19.4 Å². The first-order valence-corrected chi connectivity index (χ1v) is 6.24. The van der Waals surface area contributed by atoms with E-state index in [0.717, 1.165) is 38.8 Å². The standard InChI is InChI=1S/C12H20N4O.ClH/c1-16-9-10(8-15-16)4-2-7-14-12(17)11-5-3-6-13-11;/h8-9,11,13H,2-7H2,1H3,(H,14,17);1H. The molecule has 2 rings (SSSR count). The van der Waals surface area contributed by atoms with Crippen LogP contribution in [0.3, 0.4) is 0 Å². The Hall–Kier alpha value is -1.07. The van der Waals surface area contributed by atoms with Crippen molar-refractivity contribution < 1.29 is 4.79 Å². The number of nitrogens with zero attached hydrogens (tertiary/aromatic N) is 2. The monoisotopic (exact) mass is 272 g/mol. The van der Waals surface area contributed by atoms with Crippen LogP contribution in [0.2, 0.25) is 0 Å². The molecule has 1 atom stereocenters. The minimum Gasteiger partial charge on any atom is -0.355 e. The summed E-state index contributed by atoms with van der Waals surface area (Å²) in [6, 6.07) is 0.0355. The maximum atomic E-state index is 11.7. The molecule has 1 unspecified atom stereocenters. The Kier molecular flexibility index (Phi) is 6.15. The van der Waals surface area contributed by atoms with Gasteiger partial charge >= 0.3 is 0 Å². The molecule has 1 amide bonds. The number of aromatic nitrogens is 2. The van der Waals surface area contributed by atoms with Crippen molar-refractivity contribution in [1.29, 1.82) is 0 Å². The molecule has 0 radical (unpaired) electrons. The zero-order chi connectivity index (χ0) is 12.1. The van der Waals surface area contributed by atoms with Crippen LogP contribution in [-0.4, -0.2) is 34.8 Å². The largest absolute Gasteiger partial charge is 0.355 e. The molecular weight excluding hydrogens is 252 g/mol. The zero-order valence-electron chi connectivity index (χ0n) is 10.7. The molecule has 1 aromatic heterocycles. The Morgan fingerprint density at radius 1 is 1.67 bits per heavy atom. The van der Waals surface area contributed by atoms with Gasteiger partial charge in [-0.1, -0.05) is 0 Å². The SMILES string of the molecule is Cl.Cn1cc(CCCNC(=O)C2CCCN2)cn1. The minimum absolute atomic E-state index is 0. The molecule has 1 aliphatic heterocycles. The third-order valence-corrected chi connectivity index (χ3v) is 3.08. The van der Waals surface area contributed by atoms with Crippen molar-refractivity contribution in [3.05, 3.63) is 18.0 Å². The van der Waals surface area contributed by atoms with Crippen LogP contribution in [0.25, 0.3) is 0 Å². The highest BCUT2D eigenvalue weighted by atomic mass is 35.5.